The maximum absolute atomic E-state index is 10.4. The molecule has 0 amide bonds. The first-order chi connectivity index (χ1) is 6.68. The van der Waals surface area contributed by atoms with Gasteiger partial charge in [0.1, 0.15) is 0 Å². The van der Waals surface area contributed by atoms with E-state index in [0.717, 1.165) is 0 Å². The van der Waals surface area contributed by atoms with Crippen LogP contribution in [0.3, 0.4) is 0 Å². The Hall–Kier alpha value is -1.57. The third-order valence-corrected chi connectivity index (χ3v) is 0.624. The quantitative estimate of drug-likeness (QED) is 0.385. The lowest BCUT2D eigenvalue weighted by atomic mass is 10.4. The smallest absolute Gasteiger partial charge is 0.333 e. The molecule has 0 aromatic heterocycles. The van der Waals surface area contributed by atoms with Gasteiger partial charge in [0.25, 0.3) is 0 Å². The summed E-state index contributed by atoms with van der Waals surface area (Å²) < 4.78 is 4.56. The molecule has 0 bridgehead atoms. The monoisotopic (exact) mass is 198 g/mol. The minimum atomic E-state index is -0.312. The average Bonchev–Trinajstić information content (AvgIpc) is 2.27. The van der Waals surface area contributed by atoms with E-state index in [1.54, 1.807) is 13.8 Å². The van der Waals surface area contributed by atoms with Crippen LogP contribution in [0.1, 0.15) is 13.8 Å². The van der Waals surface area contributed by atoms with E-state index >= 15 is 0 Å². The van der Waals surface area contributed by atoms with Gasteiger partial charge in [0.2, 0.25) is 0 Å². The van der Waals surface area contributed by atoms with E-state index in [1.165, 1.54) is 0 Å². The van der Waals surface area contributed by atoms with E-state index < -0.39 is 0 Å². The highest BCUT2D eigenvalue weighted by Gasteiger charge is 1.98. The number of carbonyl (C=O) groups is 1. The summed E-state index contributed by atoms with van der Waals surface area (Å²) in [6, 6.07) is 0. The minimum absolute atomic E-state index is 0.312. The molecule has 0 aromatic rings. The Morgan fingerprint density at radius 3 is 1.43 bits per heavy atom. The lowest BCUT2D eigenvalue weighted by Crippen LogP contribution is -2.03. The van der Waals surface area contributed by atoms with E-state index in [2.05, 4.69) is 50.8 Å². The second-order valence-corrected chi connectivity index (χ2v) is 1.50. The zero-order valence-electron chi connectivity index (χ0n) is 9.47. The summed E-state index contributed by atoms with van der Waals surface area (Å²) in [5.41, 5.74) is 0.451. The number of ether oxygens (including phenoxy) is 1. The van der Waals surface area contributed by atoms with Crippen molar-refractivity contribution in [3.05, 3.63) is 51.6 Å². The molecular formula is C12H22O2. The van der Waals surface area contributed by atoms with Gasteiger partial charge < -0.3 is 4.74 Å². The van der Waals surface area contributed by atoms with Gasteiger partial charge in [-0.15, -0.1) is 39.5 Å². The van der Waals surface area contributed by atoms with Crippen LogP contribution in [-0.4, -0.2) is 12.6 Å². The number of carbonyl (C=O) groups excluding carboxylic acids is 1. The maximum atomic E-state index is 10.4. The molecule has 0 aliphatic carbocycles. The molecule has 0 saturated carbocycles. The Balaban J connectivity index is -0.0000000708. The molecule has 0 spiro atoms. The zero-order chi connectivity index (χ0) is 12.6. The first-order valence-corrected chi connectivity index (χ1v) is 4.01. The first kappa shape index (κ1) is 22.9. The fourth-order valence-corrected chi connectivity index (χ4v) is 0.254. The van der Waals surface area contributed by atoms with Gasteiger partial charge in [0.15, 0.2) is 0 Å². The highest BCUT2D eigenvalue weighted by molar-refractivity contribution is 5.86. The Kier molecular flexibility index (Phi) is 49.1. The molecule has 0 aliphatic rings. The SMILES string of the molecule is C=C.C=C.C=C.C=C(C)C(=O)OCC. The fraction of sp³-hybridized carbons (Fsp3) is 0.250. The molecule has 14 heavy (non-hydrogen) atoms. The Morgan fingerprint density at radius 2 is 1.36 bits per heavy atom. The molecule has 0 saturated heterocycles. The third-order valence-electron chi connectivity index (χ3n) is 0.624. The molecule has 0 aliphatic heterocycles. The van der Waals surface area contributed by atoms with Crippen LogP contribution in [0.2, 0.25) is 0 Å². The zero-order valence-corrected chi connectivity index (χ0v) is 9.47. The molecule has 0 N–H and O–H groups in total. The van der Waals surface area contributed by atoms with Gasteiger partial charge >= 0.3 is 5.97 Å². The summed E-state index contributed by atoms with van der Waals surface area (Å²) in [4.78, 5) is 10.4. The number of hydrogen-bond acceptors (Lipinski definition) is 2. The molecular weight excluding hydrogens is 176 g/mol. The number of rotatable bonds is 2. The van der Waals surface area contributed by atoms with Gasteiger partial charge in [0, 0.05) is 5.57 Å². The van der Waals surface area contributed by atoms with E-state index in [-0.39, 0.29) is 5.97 Å². The van der Waals surface area contributed by atoms with Crippen molar-refractivity contribution in [1.29, 1.82) is 0 Å². The van der Waals surface area contributed by atoms with Crippen molar-refractivity contribution >= 4 is 5.97 Å². The summed E-state index contributed by atoms with van der Waals surface area (Å²) in [6.45, 7) is 25.2. The van der Waals surface area contributed by atoms with Gasteiger partial charge in [-0.3, -0.25) is 0 Å². The lowest BCUT2D eigenvalue weighted by Gasteiger charge is -1.96. The number of esters is 1. The van der Waals surface area contributed by atoms with Crippen molar-refractivity contribution in [1.82, 2.24) is 0 Å². The van der Waals surface area contributed by atoms with Crippen LogP contribution in [0.15, 0.2) is 51.6 Å². The lowest BCUT2D eigenvalue weighted by molar-refractivity contribution is -0.138. The van der Waals surface area contributed by atoms with Crippen molar-refractivity contribution in [3.63, 3.8) is 0 Å². The van der Waals surface area contributed by atoms with E-state index in [4.69, 9.17) is 0 Å². The minimum Gasteiger partial charge on any atom is -0.463 e. The molecule has 0 heterocycles. The van der Waals surface area contributed by atoms with Crippen LogP contribution < -0.4 is 0 Å². The Morgan fingerprint density at radius 1 is 1.07 bits per heavy atom. The van der Waals surface area contributed by atoms with Crippen molar-refractivity contribution < 1.29 is 9.53 Å². The molecule has 2 heteroatoms. The van der Waals surface area contributed by atoms with Crippen LogP contribution in [0.4, 0.5) is 0 Å². The number of hydrogen-bond donors (Lipinski definition) is 0. The van der Waals surface area contributed by atoms with E-state index in [9.17, 15) is 4.79 Å². The molecule has 0 radical (unpaired) electrons. The van der Waals surface area contributed by atoms with Gasteiger partial charge in [-0.1, -0.05) is 6.58 Å². The second kappa shape index (κ2) is 30.1. The molecule has 0 atom stereocenters. The van der Waals surface area contributed by atoms with Gasteiger partial charge in [-0.2, -0.15) is 0 Å². The van der Waals surface area contributed by atoms with Crippen LogP contribution in [0, 0.1) is 0 Å². The van der Waals surface area contributed by atoms with Crippen LogP contribution >= 0.6 is 0 Å². The van der Waals surface area contributed by atoms with Gasteiger partial charge in [-0.25, -0.2) is 4.79 Å². The highest BCUT2D eigenvalue weighted by Crippen LogP contribution is 1.89. The van der Waals surface area contributed by atoms with Gasteiger partial charge in [-0.05, 0) is 13.8 Å². The maximum Gasteiger partial charge on any atom is 0.333 e. The predicted molar refractivity (Wildman–Crippen MR) is 65.2 cm³/mol. The Labute approximate surface area is 88.3 Å². The summed E-state index contributed by atoms with van der Waals surface area (Å²) in [6.07, 6.45) is 0. The Bertz CT molecular complexity index is 135. The van der Waals surface area contributed by atoms with Crippen molar-refractivity contribution in [2.45, 2.75) is 13.8 Å². The van der Waals surface area contributed by atoms with Crippen LogP contribution in [0.5, 0.6) is 0 Å². The van der Waals surface area contributed by atoms with Gasteiger partial charge in [0.05, 0.1) is 6.61 Å². The van der Waals surface area contributed by atoms with Crippen molar-refractivity contribution in [3.8, 4) is 0 Å². The van der Waals surface area contributed by atoms with Crippen LogP contribution in [0.25, 0.3) is 0 Å². The first-order valence-electron chi connectivity index (χ1n) is 4.01. The average molecular weight is 198 g/mol. The predicted octanol–water partition coefficient (Wildman–Crippen LogP) is 3.53. The van der Waals surface area contributed by atoms with E-state index in [0.29, 0.717) is 12.2 Å². The van der Waals surface area contributed by atoms with Crippen molar-refractivity contribution in [2.24, 2.45) is 0 Å². The summed E-state index contributed by atoms with van der Waals surface area (Å²) in [7, 11) is 0. The summed E-state index contributed by atoms with van der Waals surface area (Å²) >= 11 is 0. The standard InChI is InChI=1S/C6H10O2.3C2H4/c1-4-8-6(7)5(2)3;3*1-2/h2,4H2,1,3H3;3*1-2H2. The molecule has 82 valence electrons. The largest absolute Gasteiger partial charge is 0.463 e. The highest BCUT2D eigenvalue weighted by atomic mass is 16.5. The molecule has 0 unspecified atom stereocenters. The summed E-state index contributed by atoms with van der Waals surface area (Å²) in [5, 5.41) is 0. The topological polar surface area (TPSA) is 26.3 Å². The molecule has 0 aromatic carbocycles. The molecule has 2 nitrogen and oxygen atoms in total. The molecule has 0 fully saturated rings. The van der Waals surface area contributed by atoms with Crippen molar-refractivity contribution in [2.75, 3.05) is 6.61 Å². The third kappa shape index (κ3) is 31.5. The van der Waals surface area contributed by atoms with Crippen LogP contribution in [-0.2, 0) is 9.53 Å². The van der Waals surface area contributed by atoms with E-state index in [1.807, 2.05) is 0 Å². The second-order valence-electron chi connectivity index (χ2n) is 1.50. The normalized spacial score (nSPS) is 5.57. The summed E-state index contributed by atoms with van der Waals surface area (Å²) in [5.74, 6) is -0.312. The molecule has 0 rings (SSSR count). The fourth-order valence-electron chi connectivity index (χ4n) is 0.254.